The zero-order chi connectivity index (χ0) is 26.5. The van der Waals surface area contributed by atoms with Crippen LogP contribution in [0.1, 0.15) is 87.5 Å². The second-order valence-electron chi connectivity index (χ2n) is 9.99. The molecule has 3 aromatic rings. The van der Waals surface area contributed by atoms with Crippen molar-refractivity contribution in [1.29, 1.82) is 0 Å². The molecule has 1 aliphatic heterocycles. The van der Waals surface area contributed by atoms with E-state index in [1.165, 1.54) is 22.5 Å². The molecule has 0 bridgehead atoms. The van der Waals surface area contributed by atoms with Crippen molar-refractivity contribution in [3.63, 3.8) is 0 Å². The third-order valence-electron chi connectivity index (χ3n) is 7.60. The first-order valence-electron chi connectivity index (χ1n) is 13.3. The quantitative estimate of drug-likeness (QED) is 0.397. The number of likely N-dealkylation sites (tertiary alicyclic amines) is 1. The second-order valence-corrected chi connectivity index (χ2v) is 10.9. The number of Topliss-reactive ketones (excluding diaryl/α,β-unsaturated/α-hetero) is 1. The molecule has 1 saturated heterocycles. The Morgan fingerprint density at radius 3 is 2.55 bits per heavy atom. The number of thiazole rings is 1. The van der Waals surface area contributed by atoms with Crippen molar-refractivity contribution in [1.82, 2.24) is 15.2 Å². The lowest BCUT2D eigenvalue weighted by molar-refractivity contribution is -0.132. The van der Waals surface area contributed by atoms with E-state index in [1.807, 2.05) is 16.3 Å². The van der Waals surface area contributed by atoms with E-state index >= 15 is 0 Å². The van der Waals surface area contributed by atoms with Crippen molar-refractivity contribution in [3.8, 4) is 5.75 Å². The van der Waals surface area contributed by atoms with Crippen molar-refractivity contribution < 1.29 is 19.1 Å². The van der Waals surface area contributed by atoms with Gasteiger partial charge in [0.1, 0.15) is 11.4 Å². The highest BCUT2D eigenvalue weighted by molar-refractivity contribution is 7.09. The van der Waals surface area contributed by atoms with Crippen LogP contribution in [0.15, 0.2) is 53.9 Å². The van der Waals surface area contributed by atoms with Crippen molar-refractivity contribution in [2.24, 2.45) is 0 Å². The molecule has 8 heteroatoms. The van der Waals surface area contributed by atoms with Gasteiger partial charge in [-0.15, -0.1) is 11.3 Å². The summed E-state index contributed by atoms with van der Waals surface area (Å²) >= 11 is 1.53. The summed E-state index contributed by atoms with van der Waals surface area (Å²) in [6.07, 6.45) is 5.09. The molecule has 198 valence electrons. The molecular weight excluding hydrogens is 498 g/mol. The SMILES string of the molecule is COc1ccc(C(=O)CCC(=O)N2CCC(c3nc(C(=O)NC4CCCc5ccccc54)cs3)CC2)cc1. The maximum absolute atomic E-state index is 13.0. The van der Waals surface area contributed by atoms with Gasteiger partial charge in [0.2, 0.25) is 5.91 Å². The molecule has 1 fully saturated rings. The molecule has 2 heterocycles. The van der Waals surface area contributed by atoms with E-state index in [0.29, 0.717) is 30.1 Å². The number of aromatic nitrogens is 1. The fourth-order valence-electron chi connectivity index (χ4n) is 5.39. The smallest absolute Gasteiger partial charge is 0.271 e. The number of rotatable bonds is 8. The molecule has 7 nitrogen and oxygen atoms in total. The minimum Gasteiger partial charge on any atom is -0.497 e. The number of hydrogen-bond donors (Lipinski definition) is 1. The fraction of sp³-hybridized carbons (Fsp3) is 0.400. The van der Waals surface area contributed by atoms with Gasteiger partial charge in [-0.3, -0.25) is 14.4 Å². The predicted molar refractivity (Wildman–Crippen MR) is 147 cm³/mol. The Labute approximate surface area is 227 Å². The number of carbonyl (C=O) groups excluding carboxylic acids is 3. The minimum atomic E-state index is -0.122. The summed E-state index contributed by atoms with van der Waals surface area (Å²) in [4.78, 5) is 44.7. The van der Waals surface area contributed by atoms with Gasteiger partial charge in [0.05, 0.1) is 18.2 Å². The van der Waals surface area contributed by atoms with Crippen molar-refractivity contribution in [2.45, 2.75) is 56.9 Å². The van der Waals surface area contributed by atoms with Crippen LogP contribution < -0.4 is 10.1 Å². The molecule has 5 rings (SSSR count). The second kappa shape index (κ2) is 11.9. The van der Waals surface area contributed by atoms with Crippen LogP contribution in [0.4, 0.5) is 0 Å². The lowest BCUT2D eigenvalue weighted by Gasteiger charge is -2.31. The summed E-state index contributed by atoms with van der Waals surface area (Å²) in [6.45, 7) is 1.28. The molecule has 0 radical (unpaired) electrons. The molecule has 2 amide bonds. The van der Waals surface area contributed by atoms with Crippen LogP contribution in [-0.4, -0.2) is 47.7 Å². The van der Waals surface area contributed by atoms with Crippen LogP contribution in [0, 0.1) is 0 Å². The van der Waals surface area contributed by atoms with Gasteiger partial charge >= 0.3 is 0 Å². The van der Waals surface area contributed by atoms with Crippen LogP contribution in [0.3, 0.4) is 0 Å². The van der Waals surface area contributed by atoms with Gasteiger partial charge in [0.25, 0.3) is 5.91 Å². The van der Waals surface area contributed by atoms with E-state index in [0.717, 1.165) is 37.1 Å². The molecule has 38 heavy (non-hydrogen) atoms. The van der Waals surface area contributed by atoms with Crippen molar-refractivity contribution >= 4 is 28.9 Å². The number of ether oxygens (including phenoxy) is 1. The Hall–Kier alpha value is -3.52. The molecule has 1 unspecified atom stereocenters. The Morgan fingerprint density at radius 1 is 1.03 bits per heavy atom. The van der Waals surface area contributed by atoms with Crippen LogP contribution in [0.25, 0.3) is 0 Å². The average Bonchev–Trinajstić information content (AvgIpc) is 3.47. The molecule has 2 aliphatic rings. The number of methoxy groups -OCH3 is 1. The first-order chi connectivity index (χ1) is 18.5. The van der Waals surface area contributed by atoms with Crippen LogP contribution in [-0.2, 0) is 11.2 Å². The summed E-state index contributed by atoms with van der Waals surface area (Å²) in [5.41, 5.74) is 3.59. The van der Waals surface area contributed by atoms with Gasteiger partial charge < -0.3 is 15.0 Å². The number of nitrogens with zero attached hydrogens (tertiary/aromatic N) is 2. The summed E-state index contributed by atoms with van der Waals surface area (Å²) in [5.74, 6) is 0.784. The van der Waals surface area contributed by atoms with Gasteiger partial charge in [0.15, 0.2) is 5.78 Å². The predicted octanol–water partition coefficient (Wildman–Crippen LogP) is 5.33. The van der Waals surface area contributed by atoms with Crippen LogP contribution in [0.5, 0.6) is 5.75 Å². The van der Waals surface area contributed by atoms with E-state index in [2.05, 4.69) is 28.5 Å². The van der Waals surface area contributed by atoms with E-state index < -0.39 is 0 Å². The zero-order valence-corrected chi connectivity index (χ0v) is 22.5. The average molecular weight is 532 g/mol. The number of nitrogens with one attached hydrogen (secondary N) is 1. The molecule has 0 spiro atoms. The summed E-state index contributed by atoms with van der Waals surface area (Å²) in [6, 6.07) is 15.3. The number of amides is 2. The van der Waals surface area contributed by atoms with Crippen LogP contribution >= 0.6 is 11.3 Å². The number of piperidine rings is 1. The van der Waals surface area contributed by atoms with Gasteiger partial charge in [0, 0.05) is 42.8 Å². The van der Waals surface area contributed by atoms with E-state index in [9.17, 15) is 14.4 Å². The summed E-state index contributed by atoms with van der Waals surface area (Å²) in [7, 11) is 1.58. The fourth-order valence-corrected chi connectivity index (χ4v) is 6.36. The third-order valence-corrected chi connectivity index (χ3v) is 8.61. The first-order valence-corrected chi connectivity index (χ1v) is 14.2. The Balaban J connectivity index is 1.10. The maximum atomic E-state index is 13.0. The number of ketones is 1. The highest BCUT2D eigenvalue weighted by Gasteiger charge is 2.28. The standard InChI is InChI=1S/C30H33N3O4S/c1-37-23-11-9-21(10-12-23)27(34)13-14-28(35)33-17-15-22(16-18-33)30-32-26(19-38-30)29(36)31-25-8-4-6-20-5-2-3-7-24(20)25/h2-3,5,7,9-12,19,22,25H,4,6,8,13-18H2,1H3,(H,31,36). The topological polar surface area (TPSA) is 88.6 Å². The largest absolute Gasteiger partial charge is 0.497 e. The number of benzene rings is 2. The lowest BCUT2D eigenvalue weighted by atomic mass is 9.88. The third kappa shape index (κ3) is 5.96. The van der Waals surface area contributed by atoms with Crippen molar-refractivity contribution in [2.75, 3.05) is 20.2 Å². The van der Waals surface area contributed by atoms with Gasteiger partial charge in [-0.25, -0.2) is 4.98 Å². The monoisotopic (exact) mass is 531 g/mol. The first kappa shape index (κ1) is 26.1. The highest BCUT2D eigenvalue weighted by Crippen LogP contribution is 2.32. The number of carbonyl (C=O) groups is 3. The highest BCUT2D eigenvalue weighted by atomic mass is 32.1. The summed E-state index contributed by atoms with van der Waals surface area (Å²) < 4.78 is 5.13. The maximum Gasteiger partial charge on any atom is 0.271 e. The van der Waals surface area contributed by atoms with Crippen LogP contribution in [0.2, 0.25) is 0 Å². The number of hydrogen-bond acceptors (Lipinski definition) is 6. The van der Waals surface area contributed by atoms with Gasteiger partial charge in [-0.05, 0) is 67.5 Å². The Bertz CT molecular complexity index is 1290. The van der Waals surface area contributed by atoms with E-state index in [4.69, 9.17) is 4.74 Å². The van der Waals surface area contributed by atoms with Crippen molar-refractivity contribution in [3.05, 3.63) is 81.3 Å². The molecule has 2 aromatic carbocycles. The lowest BCUT2D eigenvalue weighted by Crippen LogP contribution is -2.38. The Morgan fingerprint density at radius 2 is 1.79 bits per heavy atom. The Kier molecular flexibility index (Phi) is 8.17. The van der Waals surface area contributed by atoms with Gasteiger partial charge in [-0.1, -0.05) is 24.3 Å². The van der Waals surface area contributed by atoms with E-state index in [1.54, 1.807) is 31.4 Å². The summed E-state index contributed by atoms with van der Waals surface area (Å²) in [5, 5.41) is 6.00. The number of fused-ring (bicyclic) bond motifs is 1. The molecule has 1 aromatic heterocycles. The normalized spacial score (nSPS) is 17.5. The van der Waals surface area contributed by atoms with E-state index in [-0.39, 0.29) is 42.4 Å². The number of aryl methyl sites for hydroxylation is 1. The molecule has 1 atom stereocenters. The molecule has 0 saturated carbocycles. The molecular formula is C30H33N3O4S. The zero-order valence-electron chi connectivity index (χ0n) is 21.7. The minimum absolute atomic E-state index is 0.0114. The molecule has 1 aliphatic carbocycles. The molecule has 1 N–H and O–H groups in total. The van der Waals surface area contributed by atoms with Gasteiger partial charge in [-0.2, -0.15) is 0 Å².